The summed E-state index contributed by atoms with van der Waals surface area (Å²) in [6.45, 7) is 8.68. The number of benzene rings is 4. The van der Waals surface area contributed by atoms with Crippen molar-refractivity contribution in [1.29, 1.82) is 0 Å². The lowest BCUT2D eigenvalue weighted by molar-refractivity contribution is -0.134. The Hall–Kier alpha value is -14.8. The Balaban J connectivity index is 0.000000137. The van der Waals surface area contributed by atoms with Gasteiger partial charge in [-0.2, -0.15) is 0 Å². The molecule has 6 fully saturated rings. The Kier molecular flexibility index (Phi) is 32.6. The van der Waals surface area contributed by atoms with Gasteiger partial charge in [0.15, 0.2) is 74.8 Å². The molecule has 16 N–H and O–H groups in total. The third-order valence-corrected chi connectivity index (χ3v) is 24.3. The first-order valence-corrected chi connectivity index (χ1v) is 44.3. The number of phenols is 5. The summed E-state index contributed by atoms with van der Waals surface area (Å²) >= 11 is 0. The van der Waals surface area contributed by atoms with E-state index in [4.69, 9.17) is 41.0 Å². The molecule has 35 nitrogen and oxygen atoms in total. The summed E-state index contributed by atoms with van der Waals surface area (Å²) in [7, 11) is 4.24. The van der Waals surface area contributed by atoms with Gasteiger partial charge in [0.05, 0.1) is 26.9 Å². The van der Waals surface area contributed by atoms with Crippen LogP contribution in [0.2, 0.25) is 0 Å². The molecule has 35 heteroatoms. The SMILES string of the molecule is COc1cc(-c2oc(C3CCNCC3)cc(=O)c2O)cc(OC)c1O.COc1cc(-c2oc(C3CCNCC3)cc(=O)c2O)ccc1O.O=C1C=C(O)C(c2oc(C3CCCCC3)cc(=O)c2O)=CC1=O.O=C1C=CC(=C2OC(C3CCNCC3)=CC(=O)C2=O)C=C1.O=c1cc(C2CCNCC2)oc(-c2ccc(O)c(O)c2)c1O.O=c1cc(C2CCNCC2)oc(-c2ccc(O)cc2)c1O. The second-order valence-corrected chi connectivity index (χ2v) is 33.3. The molecule has 0 radical (unpaired) electrons. The van der Waals surface area contributed by atoms with E-state index in [1.54, 1.807) is 18.2 Å². The Labute approximate surface area is 771 Å². The van der Waals surface area contributed by atoms with E-state index in [0.29, 0.717) is 62.4 Å². The maximum absolute atomic E-state index is 12.2. The first-order chi connectivity index (χ1) is 65.0. The zero-order chi connectivity index (χ0) is 96.3. The number of carbonyl (C=O) groups excluding carboxylic acids is 5. The molecule has 135 heavy (non-hydrogen) atoms. The number of allylic oxidation sites excluding steroid dienone is 11. The van der Waals surface area contributed by atoms with Crippen LogP contribution in [0.25, 0.3) is 50.9 Å². The molecular weight excluding hydrogens is 1750 g/mol. The summed E-state index contributed by atoms with van der Waals surface area (Å²) in [6, 6.07) is 24.4. The highest BCUT2D eigenvalue weighted by atomic mass is 16.5. The Morgan fingerprint density at radius 3 is 1.05 bits per heavy atom. The van der Waals surface area contributed by atoms with Gasteiger partial charge in [0, 0.05) is 112 Å². The van der Waals surface area contributed by atoms with Gasteiger partial charge in [-0.15, -0.1) is 0 Å². The van der Waals surface area contributed by atoms with Crippen LogP contribution in [0.1, 0.15) is 160 Å². The fraction of sp³-hybridized carbons (Fsp3) is 0.340. The highest BCUT2D eigenvalue weighted by Gasteiger charge is 2.35. The van der Waals surface area contributed by atoms with Gasteiger partial charge in [-0.25, -0.2) is 0 Å². The number of ether oxygens (including phenoxy) is 4. The van der Waals surface area contributed by atoms with Crippen LogP contribution in [-0.4, -0.2) is 172 Å². The van der Waals surface area contributed by atoms with Crippen LogP contribution in [0, 0.1) is 5.92 Å². The first kappa shape index (κ1) is 97.7. The molecule has 0 atom stereocenters. The van der Waals surface area contributed by atoms with Gasteiger partial charge in [-0.05, 0) is 240 Å². The van der Waals surface area contributed by atoms with Crippen LogP contribution < -0.4 is 67.9 Å². The maximum atomic E-state index is 12.2. The lowest BCUT2D eigenvalue weighted by Crippen LogP contribution is -2.32. The van der Waals surface area contributed by atoms with E-state index in [0.717, 1.165) is 174 Å². The zero-order valence-electron chi connectivity index (χ0n) is 74.2. The van der Waals surface area contributed by atoms with E-state index in [1.807, 2.05) is 0 Å². The molecule has 0 unspecified atom stereocenters. The lowest BCUT2D eigenvalue weighted by atomic mass is 9.87. The second-order valence-electron chi connectivity index (χ2n) is 33.3. The van der Waals surface area contributed by atoms with Crippen molar-refractivity contribution in [3.8, 4) is 120 Å². The van der Waals surface area contributed by atoms with Crippen molar-refractivity contribution in [2.75, 3.05) is 86.8 Å². The summed E-state index contributed by atoms with van der Waals surface area (Å²) in [6.07, 6.45) is 22.4. The number of ketones is 5. The van der Waals surface area contributed by atoms with Crippen molar-refractivity contribution >= 4 is 34.5 Å². The molecule has 9 aliphatic rings. The van der Waals surface area contributed by atoms with Gasteiger partial charge in [0.25, 0.3) is 5.78 Å². The van der Waals surface area contributed by atoms with Crippen LogP contribution in [0.3, 0.4) is 0 Å². The number of hydrogen-bond donors (Lipinski definition) is 16. The van der Waals surface area contributed by atoms with Crippen LogP contribution in [0.4, 0.5) is 0 Å². The minimum Gasteiger partial charge on any atom is -0.508 e. The molecule has 0 amide bonds. The van der Waals surface area contributed by atoms with Crippen molar-refractivity contribution in [3.05, 3.63) is 254 Å². The third kappa shape index (κ3) is 24.0. The molecule has 0 bridgehead atoms. The topological polar surface area (TPSA) is 556 Å². The predicted molar refractivity (Wildman–Crippen MR) is 492 cm³/mol. The quantitative estimate of drug-likeness (QED) is 0.0208. The molecular formula is C100H105N5O30. The summed E-state index contributed by atoms with van der Waals surface area (Å²) < 4.78 is 49.9. The smallest absolute Gasteiger partial charge is 0.268 e. The number of Topliss-reactive ketones (excluding diaryl/α,β-unsaturated/α-hetero) is 1. The second kappa shape index (κ2) is 45.1. The number of rotatable bonds is 14. The lowest BCUT2D eigenvalue weighted by Gasteiger charge is -2.27. The van der Waals surface area contributed by atoms with Crippen LogP contribution >= 0.6 is 0 Å². The molecule has 5 saturated heterocycles. The molecule has 1 saturated carbocycles. The fourth-order valence-electron chi connectivity index (χ4n) is 16.8. The van der Waals surface area contributed by atoms with Crippen molar-refractivity contribution < 1.29 is 121 Å². The van der Waals surface area contributed by atoms with E-state index in [2.05, 4.69) is 26.6 Å². The van der Waals surface area contributed by atoms with Crippen molar-refractivity contribution in [1.82, 2.24) is 26.6 Å². The third-order valence-electron chi connectivity index (χ3n) is 24.3. The van der Waals surface area contributed by atoms with Gasteiger partial charge < -0.3 is 124 Å². The van der Waals surface area contributed by atoms with Crippen molar-refractivity contribution in [2.45, 2.75) is 126 Å². The van der Waals surface area contributed by atoms with Gasteiger partial charge in [0.1, 0.15) is 46.1 Å². The van der Waals surface area contributed by atoms with Crippen LogP contribution in [0.15, 0.2) is 215 Å². The minimum atomic E-state index is -0.864. The molecule has 3 aliphatic carbocycles. The van der Waals surface area contributed by atoms with Gasteiger partial charge in [0.2, 0.25) is 79.0 Å². The predicted octanol–water partition coefficient (Wildman–Crippen LogP) is 11.8. The Bertz CT molecular complexity index is 6380. The molecule has 710 valence electrons. The van der Waals surface area contributed by atoms with E-state index in [-0.39, 0.29) is 127 Å². The zero-order valence-corrected chi connectivity index (χ0v) is 74.2. The molecule has 18 rings (SSSR count). The van der Waals surface area contributed by atoms with Crippen LogP contribution in [0.5, 0.6) is 74.7 Å². The number of carbonyl (C=O) groups is 5. The Morgan fingerprint density at radius 2 is 0.644 bits per heavy atom. The number of nitrogens with one attached hydrogen (secondary N) is 5. The largest absolute Gasteiger partial charge is 0.508 e. The number of aliphatic hydroxyl groups excluding tert-OH is 1. The molecule has 9 aromatic rings. The molecule has 4 aromatic carbocycles. The van der Waals surface area contributed by atoms with Crippen molar-refractivity contribution in [2.24, 2.45) is 5.92 Å². The number of aromatic hydroxyl groups is 10. The molecule has 0 spiro atoms. The maximum Gasteiger partial charge on any atom is 0.268 e. The van der Waals surface area contributed by atoms with Gasteiger partial charge >= 0.3 is 0 Å². The monoisotopic (exact) mass is 1860 g/mol. The van der Waals surface area contributed by atoms with Gasteiger partial charge in [-0.1, -0.05) is 19.3 Å². The number of phenolic OH excluding ortho intramolecular Hbond substituents is 5. The standard InChI is InChI=1S/C18H21NO6.C17H19NO5.C17H16O6.C16H17NO5.C16H17NO4.C16H15NO4/c1-23-14-7-11(8-15(24-2)17(14)22)18-16(21)12(20)9-13(25-18)10-3-5-19-6-4-10;1-22-15-8-11(2-3-12(15)19)17-16(21)13(20)9-14(23-17)10-4-6-18-7-5-10;18-11-7-13(20)12(19)6-10(11)17-16(22)14(21)8-15(23-17)9-4-2-1-3-5-9;18-11-2-1-10(7-12(11)19)16-15(21)13(20)8-14(22-16)9-3-5-17-6-4-9;2*18-12-3-1-11(2-4-12)16-15(20)13(19)9-14(21-16)10-5-7-17-8-6-10/h7-10,19,21-22H,3-6H2,1-2H3;2-3,8-10,18-19,21H,4-7H2,1H3;6-9,18,22H,1-5H2;1-2,7-9,17-19,21H,3-6H2;1-4,9-10,17-18,20H,5-8H2;1-4,9-10,17H,5-8H2. The molecule has 11 heterocycles. The number of hydrogen-bond acceptors (Lipinski definition) is 35. The van der Waals surface area contributed by atoms with E-state index in [9.17, 15) is 104 Å². The summed E-state index contributed by atoms with van der Waals surface area (Å²) in [5, 5.41) is 124. The normalized spacial score (nSPS) is 17.5. The average molecular weight is 1860 g/mol. The first-order valence-electron chi connectivity index (χ1n) is 44.3. The van der Waals surface area contributed by atoms with E-state index in [1.165, 1.54) is 137 Å². The van der Waals surface area contributed by atoms with E-state index >= 15 is 0 Å². The summed E-state index contributed by atoms with van der Waals surface area (Å²) in [5.74, 6) is -2.05. The highest BCUT2D eigenvalue weighted by Crippen LogP contribution is 2.46. The molecule has 6 aliphatic heterocycles. The molecule has 5 aromatic heterocycles. The van der Waals surface area contributed by atoms with E-state index < -0.39 is 84.8 Å². The number of aliphatic hydroxyl groups is 1. The van der Waals surface area contributed by atoms with Crippen LogP contribution in [-0.2, 0) is 28.7 Å². The van der Waals surface area contributed by atoms with Gasteiger partial charge in [-0.3, -0.25) is 47.9 Å². The number of methoxy groups -OCH3 is 3. The minimum absolute atomic E-state index is 0.0105. The van der Waals surface area contributed by atoms with Crippen molar-refractivity contribution in [3.63, 3.8) is 0 Å². The average Bonchev–Trinajstić information content (AvgIpc) is 0.790. The highest BCUT2D eigenvalue weighted by molar-refractivity contribution is 6.48. The summed E-state index contributed by atoms with van der Waals surface area (Å²) in [5.41, 5.74) is -0.465. The fourth-order valence-corrected chi connectivity index (χ4v) is 16.8. The summed E-state index contributed by atoms with van der Waals surface area (Å²) in [4.78, 5) is 118. The number of piperidine rings is 5. The Morgan fingerprint density at radius 1 is 0.304 bits per heavy atom.